The highest BCUT2D eigenvalue weighted by Gasteiger charge is 2.04. The number of hydrogen-bond donors (Lipinski definition) is 3. The van der Waals surface area contributed by atoms with E-state index in [1.165, 1.54) is 0 Å². The van der Waals surface area contributed by atoms with Crippen molar-refractivity contribution in [1.29, 1.82) is 0 Å². The lowest BCUT2D eigenvalue weighted by molar-refractivity contribution is 1.31. The average Bonchev–Trinajstić information content (AvgIpc) is 2.15. The summed E-state index contributed by atoms with van der Waals surface area (Å²) in [5.41, 5.74) is 0. The summed E-state index contributed by atoms with van der Waals surface area (Å²) in [5.74, 6) is 0. The maximum atomic E-state index is 4.42. The van der Waals surface area contributed by atoms with Gasteiger partial charge >= 0.3 is 0 Å². The number of fused-ring (bicyclic) bond motifs is 1. The maximum absolute atomic E-state index is 4.42. The second-order valence-electron chi connectivity index (χ2n) is 2.96. The van der Waals surface area contributed by atoms with Gasteiger partial charge in [0.05, 0.1) is 0 Å². The van der Waals surface area contributed by atoms with Crippen molar-refractivity contribution in [2.75, 3.05) is 0 Å². The Morgan fingerprint density at radius 2 is 1.64 bits per heavy atom. The van der Waals surface area contributed by atoms with Gasteiger partial charge in [-0.1, -0.05) is 6.07 Å². The monoisotopic (exact) mass is 302 g/mol. The minimum Gasteiger partial charge on any atom is -0.142 e. The molecular formula is C10H7BrS3. The third kappa shape index (κ3) is 1.81. The summed E-state index contributed by atoms with van der Waals surface area (Å²) in [6.45, 7) is 0. The van der Waals surface area contributed by atoms with E-state index in [1.54, 1.807) is 0 Å². The molecule has 0 aromatic heterocycles. The summed E-state index contributed by atoms with van der Waals surface area (Å²) in [7, 11) is 0. The van der Waals surface area contributed by atoms with Gasteiger partial charge in [0.15, 0.2) is 0 Å². The van der Waals surface area contributed by atoms with Crippen LogP contribution in [-0.4, -0.2) is 0 Å². The van der Waals surface area contributed by atoms with E-state index in [0.29, 0.717) is 0 Å². The van der Waals surface area contributed by atoms with Gasteiger partial charge in [0, 0.05) is 19.2 Å². The van der Waals surface area contributed by atoms with Gasteiger partial charge in [0.25, 0.3) is 0 Å². The summed E-state index contributed by atoms with van der Waals surface area (Å²) < 4.78 is 0.975. The van der Waals surface area contributed by atoms with Gasteiger partial charge in [0.2, 0.25) is 0 Å². The summed E-state index contributed by atoms with van der Waals surface area (Å²) in [5, 5.41) is 2.21. The van der Waals surface area contributed by atoms with Crippen molar-refractivity contribution >= 4 is 64.6 Å². The average molecular weight is 303 g/mol. The summed E-state index contributed by atoms with van der Waals surface area (Å²) >= 11 is 16.5. The van der Waals surface area contributed by atoms with Gasteiger partial charge in [-0.05, 0) is 44.9 Å². The highest BCUT2D eigenvalue weighted by molar-refractivity contribution is 9.10. The van der Waals surface area contributed by atoms with Crippen LogP contribution in [0.4, 0.5) is 0 Å². The van der Waals surface area contributed by atoms with Gasteiger partial charge in [-0.3, -0.25) is 0 Å². The van der Waals surface area contributed by atoms with Crippen molar-refractivity contribution in [1.82, 2.24) is 0 Å². The molecule has 2 rings (SSSR count). The van der Waals surface area contributed by atoms with Crippen LogP contribution >= 0.6 is 53.8 Å². The molecule has 0 bridgehead atoms. The second-order valence-corrected chi connectivity index (χ2v) is 5.22. The predicted molar refractivity (Wildman–Crippen MR) is 73.4 cm³/mol. The maximum Gasteiger partial charge on any atom is 0.0315 e. The molecular weight excluding hydrogens is 296 g/mol. The number of benzene rings is 2. The first kappa shape index (κ1) is 10.7. The molecule has 0 nitrogen and oxygen atoms in total. The third-order valence-corrected chi connectivity index (χ3v) is 4.40. The SMILES string of the molecule is Sc1cc2ccc(S)c(S)c2cc1Br. The summed E-state index contributed by atoms with van der Waals surface area (Å²) in [4.78, 5) is 2.72. The lowest BCUT2D eigenvalue weighted by atomic mass is 10.1. The lowest BCUT2D eigenvalue weighted by Gasteiger charge is -2.06. The molecule has 0 N–H and O–H groups in total. The Bertz CT molecular complexity index is 508. The Morgan fingerprint density at radius 3 is 2.36 bits per heavy atom. The van der Waals surface area contributed by atoms with Crippen molar-refractivity contribution in [3.8, 4) is 0 Å². The molecule has 2 aromatic carbocycles. The molecule has 72 valence electrons. The van der Waals surface area contributed by atoms with Crippen LogP contribution in [0.15, 0.2) is 43.4 Å². The quantitative estimate of drug-likeness (QED) is 0.588. The van der Waals surface area contributed by atoms with Crippen LogP contribution in [-0.2, 0) is 0 Å². The first-order valence-corrected chi connectivity index (χ1v) is 6.06. The highest BCUT2D eigenvalue weighted by atomic mass is 79.9. The van der Waals surface area contributed by atoms with E-state index in [4.69, 9.17) is 0 Å². The Hall–Kier alpha value is 0.230. The van der Waals surface area contributed by atoms with Gasteiger partial charge in [-0.2, -0.15) is 0 Å². The predicted octanol–water partition coefficient (Wildman–Crippen LogP) is 4.47. The number of halogens is 1. The Labute approximate surface area is 107 Å². The van der Waals surface area contributed by atoms with E-state index < -0.39 is 0 Å². The van der Waals surface area contributed by atoms with E-state index in [2.05, 4.69) is 53.8 Å². The second kappa shape index (κ2) is 4.00. The standard InChI is InChI=1S/C10H7BrS3/c11-7-4-6-5(3-9(7)13)1-2-8(12)10(6)14/h1-4,12-14H. The van der Waals surface area contributed by atoms with Crippen LogP contribution in [0.3, 0.4) is 0 Å². The zero-order chi connectivity index (χ0) is 10.3. The molecule has 0 saturated heterocycles. The smallest absolute Gasteiger partial charge is 0.0315 e. The number of rotatable bonds is 0. The summed E-state index contributed by atoms with van der Waals surface area (Å²) in [6.07, 6.45) is 0. The topological polar surface area (TPSA) is 0 Å². The third-order valence-electron chi connectivity index (χ3n) is 2.04. The van der Waals surface area contributed by atoms with Gasteiger partial charge in [-0.15, -0.1) is 37.9 Å². The molecule has 0 amide bonds. The molecule has 0 atom stereocenters. The zero-order valence-corrected chi connectivity index (χ0v) is 11.3. The van der Waals surface area contributed by atoms with E-state index >= 15 is 0 Å². The van der Waals surface area contributed by atoms with E-state index in [9.17, 15) is 0 Å². The van der Waals surface area contributed by atoms with Crippen LogP contribution in [0.25, 0.3) is 10.8 Å². The molecule has 4 heteroatoms. The molecule has 0 saturated carbocycles. The van der Waals surface area contributed by atoms with Gasteiger partial charge in [-0.25, -0.2) is 0 Å². The highest BCUT2D eigenvalue weighted by Crippen LogP contribution is 2.33. The number of hydrogen-bond acceptors (Lipinski definition) is 3. The molecule has 0 spiro atoms. The molecule has 0 unspecified atom stereocenters. The lowest BCUT2D eigenvalue weighted by Crippen LogP contribution is -1.79. The van der Waals surface area contributed by atoms with E-state index in [0.717, 1.165) is 29.9 Å². The fourth-order valence-electron chi connectivity index (χ4n) is 1.31. The minimum atomic E-state index is 0.889. The van der Waals surface area contributed by atoms with Crippen LogP contribution in [0.2, 0.25) is 0 Å². The van der Waals surface area contributed by atoms with Crippen molar-refractivity contribution in [3.63, 3.8) is 0 Å². The van der Waals surface area contributed by atoms with Crippen molar-refractivity contribution in [2.45, 2.75) is 14.7 Å². The molecule has 14 heavy (non-hydrogen) atoms. The van der Waals surface area contributed by atoms with Gasteiger partial charge in [0.1, 0.15) is 0 Å². The first-order chi connectivity index (χ1) is 6.59. The molecule has 0 aliphatic carbocycles. The molecule has 2 aromatic rings. The first-order valence-electron chi connectivity index (χ1n) is 3.93. The van der Waals surface area contributed by atoms with Crippen LogP contribution in [0.1, 0.15) is 0 Å². The Kier molecular flexibility index (Phi) is 3.07. The molecule has 0 heterocycles. The molecule has 0 radical (unpaired) electrons. The number of thiol groups is 3. The Balaban J connectivity index is 2.89. The van der Waals surface area contributed by atoms with Crippen LogP contribution in [0.5, 0.6) is 0 Å². The summed E-state index contributed by atoms with van der Waals surface area (Å²) in [6, 6.07) is 7.98. The van der Waals surface area contributed by atoms with E-state index in [1.807, 2.05) is 24.3 Å². The normalized spacial score (nSPS) is 10.9. The Morgan fingerprint density at radius 1 is 0.929 bits per heavy atom. The van der Waals surface area contributed by atoms with E-state index in [-0.39, 0.29) is 0 Å². The fourth-order valence-corrected chi connectivity index (χ4v) is 2.32. The van der Waals surface area contributed by atoms with Crippen LogP contribution < -0.4 is 0 Å². The van der Waals surface area contributed by atoms with Gasteiger partial charge < -0.3 is 0 Å². The molecule has 0 aliphatic heterocycles. The van der Waals surface area contributed by atoms with Crippen molar-refractivity contribution in [2.24, 2.45) is 0 Å². The van der Waals surface area contributed by atoms with Crippen molar-refractivity contribution in [3.05, 3.63) is 28.7 Å². The van der Waals surface area contributed by atoms with Crippen LogP contribution in [0, 0.1) is 0 Å². The molecule has 0 fully saturated rings. The zero-order valence-electron chi connectivity index (χ0n) is 7.03. The molecule has 0 aliphatic rings. The largest absolute Gasteiger partial charge is 0.142 e. The van der Waals surface area contributed by atoms with Crippen molar-refractivity contribution < 1.29 is 0 Å². The minimum absolute atomic E-state index is 0.889. The fraction of sp³-hybridized carbons (Fsp3) is 0.